The zero-order valence-electron chi connectivity index (χ0n) is 12.0. The van der Waals surface area contributed by atoms with Gasteiger partial charge in [-0.25, -0.2) is 0 Å². The molecule has 0 aromatic heterocycles. The van der Waals surface area contributed by atoms with E-state index in [1.165, 1.54) is 28.2 Å². The van der Waals surface area contributed by atoms with Crippen molar-refractivity contribution in [2.45, 2.75) is 33.7 Å². The van der Waals surface area contributed by atoms with Crippen molar-refractivity contribution >= 4 is 11.8 Å². The van der Waals surface area contributed by atoms with Crippen LogP contribution >= 0.6 is 11.8 Å². The van der Waals surface area contributed by atoms with E-state index in [2.05, 4.69) is 38.2 Å². The van der Waals surface area contributed by atoms with Gasteiger partial charge >= 0.3 is 0 Å². The van der Waals surface area contributed by atoms with E-state index in [0.717, 1.165) is 25.3 Å². The van der Waals surface area contributed by atoms with E-state index in [1.54, 1.807) is 0 Å². The third kappa shape index (κ3) is 4.91. The van der Waals surface area contributed by atoms with Crippen LogP contribution in [0.4, 0.5) is 0 Å². The van der Waals surface area contributed by atoms with E-state index >= 15 is 0 Å². The van der Waals surface area contributed by atoms with Gasteiger partial charge in [-0.15, -0.1) is 0 Å². The summed E-state index contributed by atoms with van der Waals surface area (Å²) in [7, 11) is 1.97. The van der Waals surface area contributed by atoms with E-state index in [0.29, 0.717) is 0 Å². The summed E-state index contributed by atoms with van der Waals surface area (Å²) >= 11 is 1.97. The minimum atomic E-state index is 0.819. The van der Waals surface area contributed by atoms with Crippen LogP contribution in [0.5, 0.6) is 5.75 Å². The van der Waals surface area contributed by atoms with Gasteiger partial charge in [-0.3, -0.25) is 0 Å². The summed E-state index contributed by atoms with van der Waals surface area (Å²) in [5, 5.41) is 3.18. The predicted octanol–water partition coefficient (Wildman–Crippen LogP) is 3.54. The molecule has 1 rings (SSSR count). The monoisotopic (exact) mass is 267 g/mol. The fourth-order valence-electron chi connectivity index (χ4n) is 2.05. The third-order valence-electron chi connectivity index (χ3n) is 2.78. The van der Waals surface area contributed by atoms with Crippen LogP contribution in [0.1, 0.15) is 30.0 Å². The van der Waals surface area contributed by atoms with Crippen LogP contribution < -0.4 is 10.1 Å². The molecule has 0 saturated heterocycles. The average molecular weight is 267 g/mol. The standard InChI is InChI=1S/C15H25NOS/c1-5-18-8-6-7-17-15-12(2)9-14(11-16-4)10-13(15)3/h9-10,16H,5-8,11H2,1-4H3. The Morgan fingerprint density at radius 1 is 1.22 bits per heavy atom. The van der Waals surface area contributed by atoms with Crippen molar-refractivity contribution in [3.05, 3.63) is 28.8 Å². The summed E-state index contributed by atoms with van der Waals surface area (Å²) in [5.41, 5.74) is 3.80. The number of rotatable bonds is 8. The minimum Gasteiger partial charge on any atom is -0.493 e. The van der Waals surface area contributed by atoms with Gasteiger partial charge in [0.2, 0.25) is 0 Å². The molecule has 0 saturated carbocycles. The first kappa shape index (κ1) is 15.4. The molecule has 0 aliphatic carbocycles. The molecular weight excluding hydrogens is 242 g/mol. The van der Waals surface area contributed by atoms with Gasteiger partial charge in [0, 0.05) is 6.54 Å². The lowest BCUT2D eigenvalue weighted by atomic mass is 10.1. The highest BCUT2D eigenvalue weighted by Gasteiger charge is 2.06. The van der Waals surface area contributed by atoms with Gasteiger partial charge in [0.05, 0.1) is 6.61 Å². The second-order valence-corrected chi connectivity index (χ2v) is 5.88. The summed E-state index contributed by atoms with van der Waals surface area (Å²) in [6.07, 6.45) is 1.12. The summed E-state index contributed by atoms with van der Waals surface area (Å²) in [5.74, 6) is 3.44. The molecule has 0 unspecified atom stereocenters. The van der Waals surface area contributed by atoms with E-state index in [-0.39, 0.29) is 0 Å². The zero-order valence-corrected chi connectivity index (χ0v) is 12.8. The highest BCUT2D eigenvalue weighted by molar-refractivity contribution is 7.99. The van der Waals surface area contributed by atoms with E-state index in [9.17, 15) is 0 Å². The molecule has 1 N–H and O–H groups in total. The van der Waals surface area contributed by atoms with Crippen molar-refractivity contribution < 1.29 is 4.74 Å². The van der Waals surface area contributed by atoms with Crippen LogP contribution in [0, 0.1) is 13.8 Å². The second kappa shape index (κ2) is 8.44. The molecule has 18 heavy (non-hydrogen) atoms. The molecule has 0 heterocycles. The van der Waals surface area contributed by atoms with Gasteiger partial charge in [0.15, 0.2) is 0 Å². The van der Waals surface area contributed by atoms with E-state index in [4.69, 9.17) is 4.74 Å². The van der Waals surface area contributed by atoms with Gasteiger partial charge in [0.1, 0.15) is 5.75 Å². The fourth-order valence-corrected chi connectivity index (χ4v) is 2.66. The van der Waals surface area contributed by atoms with Crippen molar-refractivity contribution in [1.29, 1.82) is 0 Å². The Morgan fingerprint density at radius 3 is 2.44 bits per heavy atom. The molecule has 0 amide bonds. The van der Waals surface area contributed by atoms with Crippen LogP contribution in [0.25, 0.3) is 0 Å². The lowest BCUT2D eigenvalue weighted by molar-refractivity contribution is 0.314. The Balaban J connectivity index is 2.54. The Morgan fingerprint density at radius 2 is 1.89 bits per heavy atom. The number of hydrogen-bond acceptors (Lipinski definition) is 3. The SMILES string of the molecule is CCSCCCOc1c(C)cc(CNC)cc1C. The number of aryl methyl sites for hydroxylation is 2. The third-order valence-corrected chi connectivity index (χ3v) is 3.77. The van der Waals surface area contributed by atoms with E-state index in [1.807, 2.05) is 18.8 Å². The Kier molecular flexibility index (Phi) is 7.21. The van der Waals surface area contributed by atoms with Gasteiger partial charge in [-0.2, -0.15) is 11.8 Å². The Bertz CT molecular complexity index is 343. The Labute approximate surface area is 116 Å². The normalized spacial score (nSPS) is 10.7. The van der Waals surface area contributed by atoms with Crippen LogP contribution in [-0.4, -0.2) is 25.2 Å². The smallest absolute Gasteiger partial charge is 0.125 e. The quantitative estimate of drug-likeness (QED) is 0.728. The fraction of sp³-hybridized carbons (Fsp3) is 0.600. The van der Waals surface area contributed by atoms with Crippen molar-refractivity contribution in [3.8, 4) is 5.75 Å². The van der Waals surface area contributed by atoms with Gasteiger partial charge in [-0.1, -0.05) is 19.1 Å². The Hall–Kier alpha value is -0.670. The van der Waals surface area contributed by atoms with E-state index < -0.39 is 0 Å². The predicted molar refractivity (Wildman–Crippen MR) is 81.8 cm³/mol. The van der Waals surface area contributed by atoms with Crippen LogP contribution in [-0.2, 0) is 6.54 Å². The number of hydrogen-bond donors (Lipinski definition) is 1. The average Bonchev–Trinajstić information content (AvgIpc) is 2.32. The first-order valence-corrected chi connectivity index (χ1v) is 7.79. The summed E-state index contributed by atoms with van der Waals surface area (Å²) in [6.45, 7) is 8.18. The summed E-state index contributed by atoms with van der Waals surface area (Å²) in [4.78, 5) is 0. The maximum absolute atomic E-state index is 5.91. The zero-order chi connectivity index (χ0) is 13.4. The topological polar surface area (TPSA) is 21.3 Å². The molecular formula is C15H25NOS. The summed E-state index contributed by atoms with van der Waals surface area (Å²) < 4.78 is 5.91. The lowest BCUT2D eigenvalue weighted by Crippen LogP contribution is -2.07. The molecule has 0 radical (unpaired) electrons. The lowest BCUT2D eigenvalue weighted by Gasteiger charge is -2.14. The number of nitrogens with one attached hydrogen (secondary N) is 1. The molecule has 102 valence electrons. The van der Waals surface area contributed by atoms with Crippen molar-refractivity contribution in [1.82, 2.24) is 5.32 Å². The van der Waals surface area contributed by atoms with Crippen LogP contribution in [0.3, 0.4) is 0 Å². The number of benzene rings is 1. The molecule has 1 aromatic carbocycles. The highest BCUT2D eigenvalue weighted by Crippen LogP contribution is 2.25. The first-order valence-electron chi connectivity index (χ1n) is 6.64. The van der Waals surface area contributed by atoms with Gasteiger partial charge in [-0.05, 0) is 55.5 Å². The maximum Gasteiger partial charge on any atom is 0.125 e. The molecule has 1 aromatic rings. The largest absolute Gasteiger partial charge is 0.493 e. The molecule has 0 spiro atoms. The van der Waals surface area contributed by atoms with Gasteiger partial charge < -0.3 is 10.1 Å². The molecule has 3 heteroatoms. The molecule has 0 atom stereocenters. The first-order chi connectivity index (χ1) is 8.69. The maximum atomic E-state index is 5.91. The second-order valence-electron chi connectivity index (χ2n) is 4.49. The summed E-state index contributed by atoms with van der Waals surface area (Å²) in [6, 6.07) is 4.42. The number of thioether (sulfide) groups is 1. The van der Waals surface area contributed by atoms with Gasteiger partial charge in [0.25, 0.3) is 0 Å². The van der Waals surface area contributed by atoms with Crippen LogP contribution in [0.15, 0.2) is 12.1 Å². The van der Waals surface area contributed by atoms with Crippen molar-refractivity contribution in [2.75, 3.05) is 25.2 Å². The van der Waals surface area contributed by atoms with Crippen molar-refractivity contribution in [2.24, 2.45) is 0 Å². The molecule has 0 aliphatic heterocycles. The van der Waals surface area contributed by atoms with Crippen LogP contribution in [0.2, 0.25) is 0 Å². The number of ether oxygens (including phenoxy) is 1. The molecule has 0 bridgehead atoms. The highest BCUT2D eigenvalue weighted by atomic mass is 32.2. The molecule has 0 fully saturated rings. The molecule has 2 nitrogen and oxygen atoms in total. The minimum absolute atomic E-state index is 0.819. The molecule has 0 aliphatic rings. The van der Waals surface area contributed by atoms with Crippen molar-refractivity contribution in [3.63, 3.8) is 0 Å².